The van der Waals surface area contributed by atoms with Crippen molar-refractivity contribution in [3.63, 3.8) is 0 Å². The van der Waals surface area contributed by atoms with E-state index < -0.39 is 29.5 Å². The first kappa shape index (κ1) is 21.2. The second kappa shape index (κ2) is 7.69. The van der Waals surface area contributed by atoms with E-state index >= 15 is 0 Å². The van der Waals surface area contributed by atoms with E-state index in [1.165, 1.54) is 18.2 Å². The standard InChI is InChI=1S/C21H17F3N4O2/c1-20(2)18(29)17(15-9-12(10-25)3-8-16(15)30-20)28-19(27-11-26)13-4-6-14(7-5-13)21(22,23)24/h3-9,17-18,29H,1-2H3,(H,27,28). The van der Waals surface area contributed by atoms with Gasteiger partial charge in [-0.15, -0.1) is 0 Å². The van der Waals surface area contributed by atoms with Gasteiger partial charge in [-0.05, 0) is 44.2 Å². The van der Waals surface area contributed by atoms with Crippen molar-refractivity contribution in [3.8, 4) is 18.0 Å². The van der Waals surface area contributed by atoms with Crippen LogP contribution in [-0.4, -0.2) is 22.6 Å². The quantitative estimate of drug-likeness (QED) is 0.338. The highest BCUT2D eigenvalue weighted by Crippen LogP contribution is 2.42. The highest BCUT2D eigenvalue weighted by Gasteiger charge is 2.43. The lowest BCUT2D eigenvalue weighted by atomic mass is 9.86. The van der Waals surface area contributed by atoms with Crippen LogP contribution in [0.25, 0.3) is 0 Å². The molecule has 2 unspecified atom stereocenters. The molecule has 154 valence electrons. The largest absolute Gasteiger partial charge is 0.485 e. The molecule has 2 atom stereocenters. The molecule has 3 rings (SSSR count). The van der Waals surface area contributed by atoms with E-state index in [0.29, 0.717) is 16.9 Å². The number of nitrogens with zero attached hydrogens (tertiary/aromatic N) is 3. The molecule has 2 aromatic rings. The topological polar surface area (TPSA) is 101 Å². The molecular formula is C21H17F3N4O2. The second-order valence-electron chi connectivity index (χ2n) is 7.25. The third-order valence-corrected chi connectivity index (χ3v) is 4.77. The molecule has 6 nitrogen and oxygen atoms in total. The van der Waals surface area contributed by atoms with E-state index in [1.807, 2.05) is 6.07 Å². The Labute approximate surface area is 170 Å². The number of aliphatic imine (C=N–C) groups is 1. The number of hydrogen-bond acceptors (Lipinski definition) is 5. The van der Waals surface area contributed by atoms with E-state index in [9.17, 15) is 23.5 Å². The van der Waals surface area contributed by atoms with Crippen molar-refractivity contribution < 1.29 is 23.0 Å². The average molecular weight is 414 g/mol. The summed E-state index contributed by atoms with van der Waals surface area (Å²) in [6.45, 7) is 3.33. The normalized spacial score (nSPS) is 20.3. The third kappa shape index (κ3) is 4.07. The van der Waals surface area contributed by atoms with Crippen molar-refractivity contribution in [2.45, 2.75) is 37.8 Å². The van der Waals surface area contributed by atoms with Crippen LogP contribution in [-0.2, 0) is 6.18 Å². The van der Waals surface area contributed by atoms with Gasteiger partial charge in [0.1, 0.15) is 29.3 Å². The molecule has 0 fully saturated rings. The van der Waals surface area contributed by atoms with Gasteiger partial charge >= 0.3 is 6.18 Å². The summed E-state index contributed by atoms with van der Waals surface area (Å²) in [6.07, 6.45) is -3.93. The van der Waals surface area contributed by atoms with Gasteiger partial charge in [0.25, 0.3) is 0 Å². The van der Waals surface area contributed by atoms with E-state index in [-0.39, 0.29) is 11.4 Å². The maximum Gasteiger partial charge on any atom is 0.416 e. The van der Waals surface area contributed by atoms with Gasteiger partial charge < -0.3 is 9.84 Å². The van der Waals surface area contributed by atoms with Crippen molar-refractivity contribution >= 4 is 5.84 Å². The number of nitriles is 2. The van der Waals surface area contributed by atoms with Crippen LogP contribution < -0.4 is 10.1 Å². The van der Waals surface area contributed by atoms with Crippen molar-refractivity contribution in [2.24, 2.45) is 4.99 Å². The molecule has 1 aliphatic rings. The van der Waals surface area contributed by atoms with Crippen LogP contribution in [0.1, 0.15) is 42.1 Å². The number of alkyl halides is 3. The number of aliphatic hydroxyl groups is 1. The lowest BCUT2D eigenvalue weighted by molar-refractivity contribution is -0.137. The van der Waals surface area contributed by atoms with Gasteiger partial charge in [-0.25, -0.2) is 0 Å². The van der Waals surface area contributed by atoms with E-state index in [2.05, 4.69) is 10.3 Å². The molecule has 0 bridgehead atoms. The van der Waals surface area contributed by atoms with E-state index in [4.69, 9.17) is 10.00 Å². The number of halogens is 3. The summed E-state index contributed by atoms with van der Waals surface area (Å²) in [5, 5.41) is 31.5. The number of benzene rings is 2. The Kier molecular flexibility index (Phi) is 5.43. The first-order valence-corrected chi connectivity index (χ1v) is 8.88. The number of nitrogens with one attached hydrogen (secondary N) is 1. The van der Waals surface area contributed by atoms with Gasteiger partial charge in [0.2, 0.25) is 0 Å². The van der Waals surface area contributed by atoms with Crippen molar-refractivity contribution in [1.82, 2.24) is 5.32 Å². The summed E-state index contributed by atoms with van der Waals surface area (Å²) < 4.78 is 44.4. The van der Waals surface area contributed by atoms with Crippen LogP contribution >= 0.6 is 0 Å². The minimum absolute atomic E-state index is 0.0127. The SMILES string of the molecule is CC1(C)Oc2ccc(C#N)cc2C(N=C(NC#N)c2ccc(C(F)(F)F)cc2)C1O. The molecule has 0 aromatic heterocycles. The fourth-order valence-corrected chi connectivity index (χ4v) is 3.16. The Morgan fingerprint density at radius 2 is 1.83 bits per heavy atom. The lowest BCUT2D eigenvalue weighted by Gasteiger charge is -2.40. The summed E-state index contributed by atoms with van der Waals surface area (Å²) in [6, 6.07) is 9.92. The molecule has 0 amide bonds. The molecule has 0 spiro atoms. The monoisotopic (exact) mass is 414 g/mol. The fourth-order valence-electron chi connectivity index (χ4n) is 3.16. The molecule has 1 heterocycles. The maximum atomic E-state index is 12.8. The van der Waals surface area contributed by atoms with Gasteiger partial charge in [-0.3, -0.25) is 10.3 Å². The number of ether oxygens (including phenoxy) is 1. The summed E-state index contributed by atoms with van der Waals surface area (Å²) >= 11 is 0. The molecule has 2 N–H and O–H groups in total. The smallest absolute Gasteiger partial charge is 0.416 e. The molecule has 0 aliphatic carbocycles. The molecule has 2 aromatic carbocycles. The highest BCUT2D eigenvalue weighted by molar-refractivity contribution is 6.00. The Bertz CT molecular complexity index is 1060. The number of hydrogen-bond donors (Lipinski definition) is 2. The predicted octanol–water partition coefficient (Wildman–Crippen LogP) is 3.67. The highest BCUT2D eigenvalue weighted by atomic mass is 19.4. The molecule has 0 saturated heterocycles. The van der Waals surface area contributed by atoms with Crippen molar-refractivity contribution in [2.75, 3.05) is 0 Å². The lowest BCUT2D eigenvalue weighted by Crippen LogP contribution is -2.48. The van der Waals surface area contributed by atoms with Gasteiger partial charge in [0.15, 0.2) is 6.19 Å². The molecule has 0 radical (unpaired) electrons. The Morgan fingerprint density at radius 1 is 1.17 bits per heavy atom. The molecule has 1 aliphatic heterocycles. The Balaban J connectivity index is 2.11. The first-order chi connectivity index (χ1) is 14.1. The van der Waals surface area contributed by atoms with Gasteiger partial charge in [0.05, 0.1) is 17.2 Å². The van der Waals surface area contributed by atoms with E-state index in [1.54, 1.807) is 32.2 Å². The van der Waals surface area contributed by atoms with E-state index in [0.717, 1.165) is 12.1 Å². The average Bonchev–Trinajstić information content (AvgIpc) is 2.69. The van der Waals surface area contributed by atoms with Gasteiger partial charge in [-0.2, -0.15) is 23.7 Å². The maximum absolute atomic E-state index is 12.8. The molecule has 0 saturated carbocycles. The number of fused-ring (bicyclic) bond motifs is 1. The van der Waals surface area contributed by atoms with Crippen molar-refractivity contribution in [3.05, 3.63) is 64.7 Å². The Morgan fingerprint density at radius 3 is 2.40 bits per heavy atom. The first-order valence-electron chi connectivity index (χ1n) is 8.88. The summed E-state index contributed by atoms with van der Waals surface area (Å²) in [4.78, 5) is 4.44. The van der Waals surface area contributed by atoms with Crippen LogP contribution in [0.3, 0.4) is 0 Å². The minimum Gasteiger partial charge on any atom is -0.485 e. The predicted molar refractivity (Wildman–Crippen MR) is 101 cm³/mol. The Hall–Kier alpha value is -3.56. The van der Waals surface area contributed by atoms with Gasteiger partial charge in [-0.1, -0.05) is 12.1 Å². The van der Waals surface area contributed by atoms with Crippen LogP contribution in [0.2, 0.25) is 0 Å². The fraction of sp³-hybridized carbons (Fsp3) is 0.286. The summed E-state index contributed by atoms with van der Waals surface area (Å²) in [5.74, 6) is 0.406. The van der Waals surface area contributed by atoms with Crippen molar-refractivity contribution in [1.29, 1.82) is 10.5 Å². The molecule has 9 heteroatoms. The number of amidine groups is 1. The summed E-state index contributed by atoms with van der Waals surface area (Å²) in [7, 11) is 0. The molecule has 30 heavy (non-hydrogen) atoms. The summed E-state index contributed by atoms with van der Waals surface area (Å²) in [5.41, 5.74) is -0.871. The van der Waals surface area contributed by atoms with Crippen LogP contribution in [0.5, 0.6) is 5.75 Å². The zero-order chi connectivity index (χ0) is 22.1. The second-order valence-corrected chi connectivity index (χ2v) is 7.25. The van der Waals surface area contributed by atoms with Crippen LogP contribution in [0.4, 0.5) is 13.2 Å². The number of aliphatic hydroxyl groups excluding tert-OH is 1. The minimum atomic E-state index is -4.49. The third-order valence-electron chi connectivity index (χ3n) is 4.77. The van der Waals surface area contributed by atoms with Crippen LogP contribution in [0.15, 0.2) is 47.5 Å². The zero-order valence-electron chi connectivity index (χ0n) is 16.0. The number of rotatable bonds is 2. The zero-order valence-corrected chi connectivity index (χ0v) is 16.0. The molecular weight excluding hydrogens is 397 g/mol. The van der Waals surface area contributed by atoms with Gasteiger partial charge in [0, 0.05) is 11.1 Å². The van der Waals surface area contributed by atoms with Crippen LogP contribution in [0, 0.1) is 22.8 Å².